The van der Waals surface area contributed by atoms with Gasteiger partial charge in [0.1, 0.15) is 5.54 Å². The van der Waals surface area contributed by atoms with Gasteiger partial charge >= 0.3 is 5.97 Å². The summed E-state index contributed by atoms with van der Waals surface area (Å²) in [4.78, 5) is 23.9. The number of carbonyl (C=O) groups is 2. The number of nitrogens with one attached hydrogen (secondary N) is 1. The van der Waals surface area contributed by atoms with Crippen molar-refractivity contribution in [3.8, 4) is 5.69 Å². The van der Waals surface area contributed by atoms with Crippen LogP contribution in [0, 0.1) is 0 Å². The summed E-state index contributed by atoms with van der Waals surface area (Å²) in [6, 6.07) is 5.08. The van der Waals surface area contributed by atoms with E-state index in [1.54, 1.807) is 22.9 Å². The van der Waals surface area contributed by atoms with Crippen molar-refractivity contribution in [2.75, 3.05) is 0 Å². The molecule has 8 heteroatoms. The lowest BCUT2D eigenvalue weighted by Crippen LogP contribution is -2.49. The van der Waals surface area contributed by atoms with Crippen LogP contribution in [0.5, 0.6) is 0 Å². The van der Waals surface area contributed by atoms with E-state index in [0.717, 1.165) is 30.5 Å². The van der Waals surface area contributed by atoms with E-state index in [2.05, 4.69) is 10.4 Å². The van der Waals surface area contributed by atoms with Crippen LogP contribution < -0.4 is 5.32 Å². The molecule has 1 aromatic carbocycles. The second-order valence-electron chi connectivity index (χ2n) is 6.52. The van der Waals surface area contributed by atoms with Gasteiger partial charge < -0.3 is 10.4 Å². The van der Waals surface area contributed by atoms with Crippen LogP contribution in [-0.2, 0) is 17.6 Å². The van der Waals surface area contributed by atoms with E-state index in [1.165, 1.54) is 13.8 Å². The number of carboxylic acids is 1. The molecule has 0 fully saturated rings. The Balaban J connectivity index is 2.03. The number of aromatic nitrogens is 2. The molecule has 2 N–H and O–H groups in total. The van der Waals surface area contributed by atoms with Crippen molar-refractivity contribution in [3.05, 3.63) is 45.2 Å². The lowest BCUT2D eigenvalue weighted by Gasteiger charge is -2.20. The fraction of sp³-hybridized carbons (Fsp3) is 0.353. The van der Waals surface area contributed by atoms with Crippen LogP contribution in [-0.4, -0.2) is 32.3 Å². The number of carboxylic acid groups (broad SMARTS) is 1. The molecule has 0 unspecified atom stereocenters. The predicted molar refractivity (Wildman–Crippen MR) is 94.8 cm³/mol. The largest absolute Gasteiger partial charge is 0.480 e. The molecular formula is C17H17Cl2N3O3. The summed E-state index contributed by atoms with van der Waals surface area (Å²) in [5.41, 5.74) is 1.25. The molecule has 0 radical (unpaired) electrons. The van der Waals surface area contributed by atoms with Gasteiger partial charge in [-0.2, -0.15) is 5.10 Å². The van der Waals surface area contributed by atoms with Gasteiger partial charge in [0.2, 0.25) is 0 Å². The molecule has 2 aromatic rings. The zero-order valence-electron chi connectivity index (χ0n) is 13.8. The maximum Gasteiger partial charge on any atom is 0.328 e. The number of nitrogens with zero attached hydrogens (tertiary/aromatic N) is 2. The fourth-order valence-electron chi connectivity index (χ4n) is 2.87. The number of amides is 1. The second-order valence-corrected chi connectivity index (χ2v) is 7.36. The zero-order valence-corrected chi connectivity index (χ0v) is 15.3. The lowest BCUT2D eigenvalue weighted by molar-refractivity contribution is -0.143. The predicted octanol–water partition coefficient (Wildman–Crippen LogP) is 3.26. The first-order valence-corrected chi connectivity index (χ1v) is 8.58. The molecule has 1 aliphatic rings. The normalized spacial score (nSPS) is 13.6. The Morgan fingerprint density at radius 3 is 2.64 bits per heavy atom. The summed E-state index contributed by atoms with van der Waals surface area (Å²) in [6.45, 7) is 2.86. The number of carbonyl (C=O) groups excluding carboxylic acids is 1. The molecule has 25 heavy (non-hydrogen) atoms. The third-order valence-corrected chi connectivity index (χ3v) is 4.78. The molecule has 0 aliphatic heterocycles. The Kier molecular flexibility index (Phi) is 4.51. The molecule has 3 rings (SSSR count). The van der Waals surface area contributed by atoms with Crippen LogP contribution in [0.4, 0.5) is 0 Å². The number of aliphatic carboxylic acids is 1. The third-order valence-electron chi connectivity index (χ3n) is 4.24. The molecule has 132 valence electrons. The molecule has 0 bridgehead atoms. The first-order chi connectivity index (χ1) is 11.7. The number of hydrogen-bond acceptors (Lipinski definition) is 3. The number of fused-ring (bicyclic) bond motifs is 1. The average Bonchev–Trinajstić information content (AvgIpc) is 3.09. The van der Waals surface area contributed by atoms with Crippen LogP contribution >= 0.6 is 23.2 Å². The molecular weight excluding hydrogens is 365 g/mol. The molecule has 6 nitrogen and oxygen atoms in total. The first-order valence-electron chi connectivity index (χ1n) is 7.83. The highest BCUT2D eigenvalue weighted by Gasteiger charge is 2.33. The Morgan fingerprint density at radius 1 is 1.28 bits per heavy atom. The van der Waals surface area contributed by atoms with E-state index >= 15 is 0 Å². The van der Waals surface area contributed by atoms with Gasteiger partial charge in [0, 0.05) is 16.3 Å². The van der Waals surface area contributed by atoms with Crippen LogP contribution in [0.25, 0.3) is 5.69 Å². The van der Waals surface area contributed by atoms with Gasteiger partial charge in [0.15, 0.2) is 5.69 Å². The maximum atomic E-state index is 12.6. The van der Waals surface area contributed by atoms with Crippen molar-refractivity contribution in [1.29, 1.82) is 0 Å². The molecule has 1 heterocycles. The van der Waals surface area contributed by atoms with Crippen molar-refractivity contribution < 1.29 is 14.7 Å². The van der Waals surface area contributed by atoms with Crippen molar-refractivity contribution in [2.45, 2.75) is 38.6 Å². The lowest BCUT2D eigenvalue weighted by atomic mass is 10.1. The minimum atomic E-state index is -1.38. The number of halogens is 2. The summed E-state index contributed by atoms with van der Waals surface area (Å²) in [6.07, 6.45) is 2.40. The van der Waals surface area contributed by atoms with Gasteiger partial charge in [-0.25, -0.2) is 9.48 Å². The minimum Gasteiger partial charge on any atom is -0.480 e. The molecule has 1 aliphatic carbocycles. The van der Waals surface area contributed by atoms with Crippen LogP contribution in [0.3, 0.4) is 0 Å². The number of rotatable bonds is 4. The van der Waals surface area contributed by atoms with Gasteiger partial charge in [0.25, 0.3) is 5.91 Å². The van der Waals surface area contributed by atoms with Crippen LogP contribution in [0.15, 0.2) is 18.2 Å². The fourth-order valence-corrected chi connectivity index (χ4v) is 3.36. The Morgan fingerprint density at radius 2 is 2.00 bits per heavy atom. The molecule has 1 aromatic heterocycles. The van der Waals surface area contributed by atoms with Crippen LogP contribution in [0.1, 0.15) is 42.0 Å². The van der Waals surface area contributed by atoms with E-state index in [1.807, 2.05) is 0 Å². The number of benzene rings is 1. The molecule has 0 saturated carbocycles. The summed E-state index contributed by atoms with van der Waals surface area (Å²) in [7, 11) is 0. The molecule has 0 saturated heterocycles. The quantitative estimate of drug-likeness (QED) is 0.850. The summed E-state index contributed by atoms with van der Waals surface area (Å²) in [5, 5.41) is 17.1. The van der Waals surface area contributed by atoms with E-state index in [0.29, 0.717) is 15.7 Å². The molecule has 1 amide bonds. The first kappa shape index (κ1) is 17.8. The maximum absolute atomic E-state index is 12.6. The summed E-state index contributed by atoms with van der Waals surface area (Å²) < 4.78 is 1.66. The highest BCUT2D eigenvalue weighted by Crippen LogP contribution is 2.31. The highest BCUT2D eigenvalue weighted by atomic mass is 35.5. The molecule has 0 atom stereocenters. The van der Waals surface area contributed by atoms with E-state index in [9.17, 15) is 14.7 Å². The number of hydrogen-bond donors (Lipinski definition) is 2. The molecule has 0 spiro atoms. The SMILES string of the molecule is CC(C)(NC(=O)c1nn(-c2ccc(Cl)cc2Cl)c2c1CCC2)C(=O)O. The summed E-state index contributed by atoms with van der Waals surface area (Å²) in [5.74, 6) is -1.62. The van der Waals surface area contributed by atoms with Gasteiger partial charge in [0.05, 0.1) is 10.7 Å². The highest BCUT2D eigenvalue weighted by molar-refractivity contribution is 6.35. The van der Waals surface area contributed by atoms with E-state index in [-0.39, 0.29) is 5.69 Å². The van der Waals surface area contributed by atoms with Gasteiger partial charge in [-0.05, 0) is 51.3 Å². The topological polar surface area (TPSA) is 84.2 Å². The van der Waals surface area contributed by atoms with Crippen molar-refractivity contribution in [3.63, 3.8) is 0 Å². The minimum absolute atomic E-state index is 0.243. The van der Waals surface area contributed by atoms with Crippen molar-refractivity contribution in [1.82, 2.24) is 15.1 Å². The van der Waals surface area contributed by atoms with Crippen molar-refractivity contribution in [2.24, 2.45) is 0 Å². The van der Waals surface area contributed by atoms with Gasteiger partial charge in [-0.3, -0.25) is 4.79 Å². The Bertz CT molecular complexity index is 874. The van der Waals surface area contributed by atoms with Crippen LogP contribution in [0.2, 0.25) is 10.0 Å². The monoisotopic (exact) mass is 381 g/mol. The van der Waals surface area contributed by atoms with Gasteiger partial charge in [-0.15, -0.1) is 0 Å². The Labute approximate surface area is 154 Å². The van der Waals surface area contributed by atoms with E-state index in [4.69, 9.17) is 23.2 Å². The van der Waals surface area contributed by atoms with E-state index < -0.39 is 17.4 Å². The standard InChI is InChI=1S/C17H17Cl2N3O3/c1-17(2,16(24)25)20-15(23)14-10-4-3-5-12(10)22(21-14)13-7-6-9(18)8-11(13)19/h6-8H,3-5H2,1-2H3,(H,20,23)(H,24,25). The van der Waals surface area contributed by atoms with Crippen molar-refractivity contribution >= 4 is 35.1 Å². The second kappa shape index (κ2) is 6.35. The summed E-state index contributed by atoms with van der Waals surface area (Å²) >= 11 is 12.2. The third kappa shape index (κ3) is 3.24. The van der Waals surface area contributed by atoms with Gasteiger partial charge in [-0.1, -0.05) is 23.2 Å². The average molecular weight is 382 g/mol. The zero-order chi connectivity index (χ0) is 18.4. The Hall–Kier alpha value is -2.05. The smallest absolute Gasteiger partial charge is 0.328 e.